The lowest BCUT2D eigenvalue weighted by atomic mass is 10.1. The molecule has 14 heavy (non-hydrogen) atoms. The van der Waals surface area contributed by atoms with E-state index in [2.05, 4.69) is 12.3 Å². The van der Waals surface area contributed by atoms with E-state index in [4.69, 9.17) is 0 Å². The number of rotatable bonds is 3. The Balaban J connectivity index is 2.89. The highest BCUT2D eigenvalue weighted by atomic mass is 16.1. The minimum absolute atomic E-state index is 0.0520. The van der Waals surface area contributed by atoms with Gasteiger partial charge in [0.15, 0.2) is 5.78 Å². The third-order valence-corrected chi connectivity index (χ3v) is 1.80. The van der Waals surface area contributed by atoms with Crippen molar-refractivity contribution in [3.63, 3.8) is 0 Å². The molecule has 70 valence electrons. The van der Waals surface area contributed by atoms with Crippen LogP contribution in [0.5, 0.6) is 0 Å². The second-order valence-electron chi connectivity index (χ2n) is 2.95. The number of hydrogen-bond acceptors (Lipinski definition) is 1. The van der Waals surface area contributed by atoms with Gasteiger partial charge in [-0.15, -0.1) is 5.73 Å². The maximum Gasteiger partial charge on any atom is 0.189 e. The van der Waals surface area contributed by atoms with Crippen molar-refractivity contribution in [3.8, 4) is 0 Å². The van der Waals surface area contributed by atoms with Gasteiger partial charge in [-0.2, -0.15) is 0 Å². The van der Waals surface area contributed by atoms with Crippen LogP contribution in [0.25, 0.3) is 6.08 Å². The molecule has 0 radical (unpaired) electrons. The van der Waals surface area contributed by atoms with Gasteiger partial charge in [-0.3, -0.25) is 4.79 Å². The summed E-state index contributed by atoms with van der Waals surface area (Å²) in [7, 11) is 0. The third kappa shape index (κ3) is 2.89. The SMILES string of the molecule is C=C=CC(=O)/C(C)=C/c1ccccc1. The van der Waals surface area contributed by atoms with Crippen LogP contribution in [0.4, 0.5) is 0 Å². The molecule has 1 aromatic rings. The molecule has 1 nitrogen and oxygen atoms in total. The van der Waals surface area contributed by atoms with E-state index in [1.165, 1.54) is 6.08 Å². The van der Waals surface area contributed by atoms with Crippen LogP contribution in [0.1, 0.15) is 12.5 Å². The summed E-state index contributed by atoms with van der Waals surface area (Å²) in [5.74, 6) is -0.0520. The van der Waals surface area contributed by atoms with E-state index in [0.29, 0.717) is 5.57 Å². The molecule has 0 aromatic heterocycles. The molecule has 0 atom stereocenters. The Morgan fingerprint density at radius 1 is 1.36 bits per heavy atom. The van der Waals surface area contributed by atoms with Crippen LogP contribution < -0.4 is 0 Å². The first-order valence-electron chi connectivity index (χ1n) is 4.37. The Labute approximate surface area is 84.1 Å². The number of benzene rings is 1. The minimum Gasteiger partial charge on any atom is -0.289 e. The Hall–Kier alpha value is -1.85. The predicted octanol–water partition coefficient (Wildman–Crippen LogP) is 3.00. The van der Waals surface area contributed by atoms with Crippen molar-refractivity contribution in [1.29, 1.82) is 0 Å². The van der Waals surface area contributed by atoms with Crippen LogP contribution in [0, 0.1) is 0 Å². The number of carbonyl (C=O) groups is 1. The minimum atomic E-state index is -0.0520. The smallest absolute Gasteiger partial charge is 0.189 e. The van der Waals surface area contributed by atoms with E-state index < -0.39 is 0 Å². The highest BCUT2D eigenvalue weighted by Gasteiger charge is 1.98. The van der Waals surface area contributed by atoms with Gasteiger partial charge in [-0.25, -0.2) is 0 Å². The Morgan fingerprint density at radius 2 is 2.00 bits per heavy atom. The van der Waals surface area contributed by atoms with E-state index in [-0.39, 0.29) is 5.78 Å². The summed E-state index contributed by atoms with van der Waals surface area (Å²) in [6.07, 6.45) is 3.19. The molecule has 0 unspecified atom stereocenters. The molecule has 1 rings (SSSR count). The molecule has 0 amide bonds. The van der Waals surface area contributed by atoms with Gasteiger partial charge >= 0.3 is 0 Å². The molecule has 1 heteroatoms. The topological polar surface area (TPSA) is 17.1 Å². The first-order valence-corrected chi connectivity index (χ1v) is 4.37. The number of hydrogen-bond donors (Lipinski definition) is 0. The molecule has 0 fully saturated rings. The average Bonchev–Trinajstić information content (AvgIpc) is 2.19. The average molecular weight is 184 g/mol. The van der Waals surface area contributed by atoms with Crippen molar-refractivity contribution < 1.29 is 4.79 Å². The number of allylic oxidation sites excluding steroid dienone is 2. The molecule has 0 aliphatic carbocycles. The van der Waals surface area contributed by atoms with Crippen LogP contribution in [-0.4, -0.2) is 5.78 Å². The Morgan fingerprint density at radius 3 is 2.57 bits per heavy atom. The number of carbonyl (C=O) groups excluding carboxylic acids is 1. The van der Waals surface area contributed by atoms with Gasteiger partial charge in [0.05, 0.1) is 0 Å². The summed E-state index contributed by atoms with van der Waals surface area (Å²) < 4.78 is 0. The zero-order valence-corrected chi connectivity index (χ0v) is 8.16. The normalized spacial score (nSPS) is 10.5. The zero-order valence-electron chi connectivity index (χ0n) is 8.16. The molecule has 0 saturated heterocycles. The fourth-order valence-electron chi connectivity index (χ4n) is 1.08. The molecular formula is C13H12O. The van der Waals surface area contributed by atoms with E-state index in [1.54, 1.807) is 6.92 Å². The van der Waals surface area contributed by atoms with Crippen LogP contribution in [0.2, 0.25) is 0 Å². The molecule has 1 aromatic carbocycles. The van der Waals surface area contributed by atoms with E-state index in [1.807, 2.05) is 36.4 Å². The molecule has 0 aliphatic heterocycles. The molecule has 0 saturated carbocycles. The second kappa shape index (κ2) is 5.00. The van der Waals surface area contributed by atoms with Crippen molar-refractivity contribution >= 4 is 11.9 Å². The van der Waals surface area contributed by atoms with Crippen LogP contribution >= 0.6 is 0 Å². The van der Waals surface area contributed by atoms with Gasteiger partial charge in [0.1, 0.15) is 0 Å². The molecule has 0 bridgehead atoms. The van der Waals surface area contributed by atoms with Crippen molar-refractivity contribution in [1.82, 2.24) is 0 Å². The quantitative estimate of drug-likeness (QED) is 0.521. The highest BCUT2D eigenvalue weighted by Crippen LogP contribution is 2.06. The molecule has 0 spiro atoms. The second-order valence-corrected chi connectivity index (χ2v) is 2.95. The summed E-state index contributed by atoms with van der Waals surface area (Å²) in [5, 5.41) is 0. The van der Waals surface area contributed by atoms with Crippen molar-refractivity contribution in [2.24, 2.45) is 0 Å². The van der Waals surface area contributed by atoms with Gasteiger partial charge in [0.25, 0.3) is 0 Å². The third-order valence-electron chi connectivity index (χ3n) is 1.80. The van der Waals surface area contributed by atoms with Crippen molar-refractivity contribution in [2.45, 2.75) is 6.92 Å². The lowest BCUT2D eigenvalue weighted by molar-refractivity contribution is -0.111. The summed E-state index contributed by atoms with van der Waals surface area (Å²) in [4.78, 5) is 11.3. The maximum absolute atomic E-state index is 11.3. The maximum atomic E-state index is 11.3. The lowest BCUT2D eigenvalue weighted by Crippen LogP contribution is -1.92. The largest absolute Gasteiger partial charge is 0.289 e. The van der Waals surface area contributed by atoms with Crippen molar-refractivity contribution in [3.05, 3.63) is 59.9 Å². The van der Waals surface area contributed by atoms with E-state index >= 15 is 0 Å². The Kier molecular flexibility index (Phi) is 3.66. The standard InChI is InChI=1S/C13H12O/c1-3-7-13(14)11(2)10-12-8-5-4-6-9-12/h4-10H,1H2,2H3/b11-10+. The first kappa shape index (κ1) is 10.2. The summed E-state index contributed by atoms with van der Waals surface area (Å²) in [6.45, 7) is 5.14. The predicted molar refractivity (Wildman–Crippen MR) is 58.8 cm³/mol. The summed E-state index contributed by atoms with van der Waals surface area (Å²) >= 11 is 0. The van der Waals surface area contributed by atoms with Gasteiger partial charge < -0.3 is 0 Å². The van der Waals surface area contributed by atoms with Crippen LogP contribution in [-0.2, 0) is 4.79 Å². The van der Waals surface area contributed by atoms with E-state index in [9.17, 15) is 4.79 Å². The van der Waals surface area contributed by atoms with Crippen LogP contribution in [0.15, 0.2) is 54.3 Å². The van der Waals surface area contributed by atoms with Gasteiger partial charge in [-0.05, 0) is 24.1 Å². The van der Waals surface area contributed by atoms with Gasteiger partial charge in [0.2, 0.25) is 0 Å². The highest BCUT2D eigenvalue weighted by molar-refractivity contribution is 6.06. The monoisotopic (exact) mass is 184 g/mol. The number of ketones is 1. The zero-order chi connectivity index (χ0) is 10.4. The van der Waals surface area contributed by atoms with E-state index in [0.717, 1.165) is 5.56 Å². The Bertz CT molecular complexity index is 393. The molecule has 0 heterocycles. The first-order chi connectivity index (χ1) is 6.74. The van der Waals surface area contributed by atoms with Gasteiger partial charge in [0, 0.05) is 6.08 Å². The van der Waals surface area contributed by atoms with Crippen molar-refractivity contribution in [2.75, 3.05) is 0 Å². The molecule has 0 aliphatic rings. The fraction of sp³-hybridized carbons (Fsp3) is 0.0769. The lowest BCUT2D eigenvalue weighted by Gasteiger charge is -1.95. The van der Waals surface area contributed by atoms with Crippen LogP contribution in [0.3, 0.4) is 0 Å². The molecule has 0 N–H and O–H groups in total. The summed E-state index contributed by atoms with van der Waals surface area (Å²) in [5.41, 5.74) is 4.18. The van der Waals surface area contributed by atoms with Gasteiger partial charge in [-0.1, -0.05) is 36.9 Å². The molecular weight excluding hydrogens is 172 g/mol. The fourth-order valence-corrected chi connectivity index (χ4v) is 1.08. The summed E-state index contributed by atoms with van der Waals surface area (Å²) in [6, 6.07) is 9.72.